The summed E-state index contributed by atoms with van der Waals surface area (Å²) in [6, 6.07) is 11.1. The molecule has 1 amide bonds. The van der Waals surface area contributed by atoms with Gasteiger partial charge in [-0.05, 0) is 50.1 Å². The number of hydrogen-bond donors (Lipinski definition) is 1. The highest BCUT2D eigenvalue weighted by Gasteiger charge is 2.27. The van der Waals surface area contributed by atoms with Gasteiger partial charge in [-0.15, -0.1) is 0 Å². The second kappa shape index (κ2) is 9.59. The molecule has 0 aliphatic carbocycles. The van der Waals surface area contributed by atoms with Crippen molar-refractivity contribution in [3.63, 3.8) is 0 Å². The summed E-state index contributed by atoms with van der Waals surface area (Å²) in [4.78, 5) is 24.4. The molecular formula is C21H23ClN2O5S. The molecule has 9 heteroatoms. The Hall–Kier alpha value is -2.42. The molecule has 0 aromatic heterocycles. The molecule has 2 aromatic carbocycles. The lowest BCUT2D eigenvalue weighted by Crippen LogP contribution is -2.35. The van der Waals surface area contributed by atoms with Crippen LogP contribution >= 0.6 is 11.6 Å². The molecule has 1 saturated heterocycles. The zero-order chi connectivity index (χ0) is 21.7. The number of nitrogens with one attached hydrogen (secondary N) is 1. The van der Waals surface area contributed by atoms with Crippen LogP contribution in [0.15, 0.2) is 47.4 Å². The summed E-state index contributed by atoms with van der Waals surface area (Å²) in [5.41, 5.74) is 1.53. The second-order valence-electron chi connectivity index (χ2n) is 7.10. The lowest BCUT2D eigenvalue weighted by Gasteiger charge is -2.26. The zero-order valence-electron chi connectivity index (χ0n) is 16.6. The normalized spacial score (nSPS) is 14.9. The number of carbonyl (C=O) groups excluding carboxylic acids is 2. The average molecular weight is 451 g/mol. The highest BCUT2D eigenvalue weighted by atomic mass is 35.5. The fourth-order valence-electron chi connectivity index (χ4n) is 3.12. The minimum atomic E-state index is -3.72. The summed E-state index contributed by atoms with van der Waals surface area (Å²) >= 11 is 6.08. The first-order chi connectivity index (χ1) is 14.3. The number of halogens is 1. The number of nitrogens with zero attached hydrogens (tertiary/aromatic N) is 1. The molecule has 7 nitrogen and oxygen atoms in total. The minimum Gasteiger partial charge on any atom is -0.452 e. The fourth-order valence-corrected chi connectivity index (χ4v) is 4.86. The molecule has 0 spiro atoms. The van der Waals surface area contributed by atoms with Crippen molar-refractivity contribution in [2.24, 2.45) is 0 Å². The van der Waals surface area contributed by atoms with Crippen LogP contribution in [0.1, 0.15) is 35.2 Å². The van der Waals surface area contributed by atoms with Crippen molar-refractivity contribution in [1.29, 1.82) is 0 Å². The molecule has 0 radical (unpaired) electrons. The largest absolute Gasteiger partial charge is 0.452 e. The third kappa shape index (κ3) is 5.38. The first-order valence-corrected chi connectivity index (χ1v) is 11.4. The number of rotatable bonds is 6. The van der Waals surface area contributed by atoms with E-state index >= 15 is 0 Å². The first-order valence-electron chi connectivity index (χ1n) is 9.61. The van der Waals surface area contributed by atoms with Crippen molar-refractivity contribution in [2.45, 2.75) is 31.1 Å². The summed E-state index contributed by atoms with van der Waals surface area (Å²) in [5.74, 6) is -1.38. The van der Waals surface area contributed by atoms with E-state index in [1.54, 1.807) is 12.1 Å². The van der Waals surface area contributed by atoms with Crippen molar-refractivity contribution < 1.29 is 22.7 Å². The van der Waals surface area contributed by atoms with Crippen LogP contribution in [0.4, 0.5) is 5.69 Å². The molecule has 3 rings (SSSR count). The molecule has 1 heterocycles. The number of hydrogen-bond acceptors (Lipinski definition) is 5. The quantitative estimate of drug-likeness (QED) is 0.678. The maximum absolute atomic E-state index is 12.8. The number of esters is 1. The van der Waals surface area contributed by atoms with Gasteiger partial charge in [0, 0.05) is 18.8 Å². The lowest BCUT2D eigenvalue weighted by molar-refractivity contribution is -0.119. The number of carbonyl (C=O) groups is 2. The van der Waals surface area contributed by atoms with Crippen LogP contribution in [0.2, 0.25) is 5.02 Å². The van der Waals surface area contributed by atoms with Gasteiger partial charge in [-0.3, -0.25) is 4.79 Å². The summed E-state index contributed by atoms with van der Waals surface area (Å²) in [6.45, 7) is 2.30. The van der Waals surface area contributed by atoms with Gasteiger partial charge in [0.05, 0.1) is 15.5 Å². The van der Waals surface area contributed by atoms with E-state index in [0.29, 0.717) is 18.8 Å². The van der Waals surface area contributed by atoms with Crippen LogP contribution < -0.4 is 5.32 Å². The van der Waals surface area contributed by atoms with E-state index in [1.807, 2.05) is 19.1 Å². The van der Waals surface area contributed by atoms with Crippen LogP contribution in [0.25, 0.3) is 0 Å². The van der Waals surface area contributed by atoms with Crippen molar-refractivity contribution >= 4 is 39.2 Å². The summed E-state index contributed by atoms with van der Waals surface area (Å²) < 4.78 is 32.1. The van der Waals surface area contributed by atoms with Crippen LogP contribution in [-0.4, -0.2) is 44.3 Å². The molecule has 0 bridgehead atoms. The van der Waals surface area contributed by atoms with E-state index in [0.717, 1.165) is 24.8 Å². The highest BCUT2D eigenvalue weighted by molar-refractivity contribution is 7.89. The minimum absolute atomic E-state index is 0.0233. The van der Waals surface area contributed by atoms with Gasteiger partial charge in [0.2, 0.25) is 10.0 Å². The maximum Gasteiger partial charge on any atom is 0.340 e. The summed E-state index contributed by atoms with van der Waals surface area (Å²) in [7, 11) is -3.72. The Morgan fingerprint density at radius 3 is 2.40 bits per heavy atom. The van der Waals surface area contributed by atoms with Gasteiger partial charge in [0.1, 0.15) is 0 Å². The van der Waals surface area contributed by atoms with E-state index in [2.05, 4.69) is 5.32 Å². The van der Waals surface area contributed by atoms with Gasteiger partial charge in [-0.25, -0.2) is 13.2 Å². The van der Waals surface area contributed by atoms with Crippen molar-refractivity contribution in [1.82, 2.24) is 4.31 Å². The van der Waals surface area contributed by atoms with Crippen LogP contribution in [0.5, 0.6) is 0 Å². The van der Waals surface area contributed by atoms with Crippen molar-refractivity contribution in [2.75, 3.05) is 25.0 Å². The smallest absolute Gasteiger partial charge is 0.340 e. The standard InChI is InChI=1S/C21H23ClN2O5S/c1-15-5-7-16(8-6-15)23-20(25)14-29-21(26)18-13-17(9-10-19(18)22)30(27,28)24-11-3-2-4-12-24/h5-10,13H,2-4,11-12,14H2,1H3,(H,23,25). The molecule has 0 unspecified atom stereocenters. The number of ether oxygens (including phenoxy) is 1. The van der Waals surface area contributed by atoms with Gasteiger partial charge >= 0.3 is 5.97 Å². The predicted molar refractivity (Wildman–Crippen MR) is 114 cm³/mol. The predicted octanol–water partition coefficient (Wildman–Crippen LogP) is 3.62. The van der Waals surface area contributed by atoms with Gasteiger partial charge in [-0.2, -0.15) is 4.31 Å². The third-order valence-electron chi connectivity index (χ3n) is 4.78. The number of amides is 1. The fraction of sp³-hybridized carbons (Fsp3) is 0.333. The Balaban J connectivity index is 1.67. The number of aryl methyl sites for hydroxylation is 1. The van der Waals surface area contributed by atoms with E-state index in [4.69, 9.17) is 16.3 Å². The van der Waals surface area contributed by atoms with Crippen molar-refractivity contribution in [3.8, 4) is 0 Å². The van der Waals surface area contributed by atoms with E-state index in [9.17, 15) is 18.0 Å². The monoisotopic (exact) mass is 450 g/mol. The number of anilines is 1. The third-order valence-corrected chi connectivity index (χ3v) is 7.00. The molecule has 1 N–H and O–H groups in total. The molecule has 1 aliphatic heterocycles. The molecule has 1 aliphatic rings. The van der Waals surface area contributed by atoms with Gasteiger partial charge in [0.25, 0.3) is 5.91 Å². The van der Waals surface area contributed by atoms with Gasteiger partial charge in [-0.1, -0.05) is 35.7 Å². The molecule has 1 fully saturated rings. The van der Waals surface area contributed by atoms with Crippen molar-refractivity contribution in [3.05, 3.63) is 58.6 Å². The van der Waals surface area contributed by atoms with Crippen LogP contribution in [0.3, 0.4) is 0 Å². The molecule has 0 atom stereocenters. The molecule has 0 saturated carbocycles. The van der Waals surface area contributed by atoms with E-state index in [-0.39, 0.29) is 15.5 Å². The van der Waals surface area contributed by atoms with E-state index in [1.165, 1.54) is 22.5 Å². The Kier molecular flexibility index (Phi) is 7.12. The maximum atomic E-state index is 12.8. The zero-order valence-corrected chi connectivity index (χ0v) is 18.1. The summed E-state index contributed by atoms with van der Waals surface area (Å²) in [5, 5.41) is 2.67. The van der Waals surface area contributed by atoms with Gasteiger partial charge < -0.3 is 10.1 Å². The molecular weight excluding hydrogens is 428 g/mol. The van der Waals surface area contributed by atoms with Crippen LogP contribution in [-0.2, 0) is 19.6 Å². The molecule has 30 heavy (non-hydrogen) atoms. The Bertz CT molecular complexity index is 1030. The molecule has 2 aromatic rings. The number of benzene rings is 2. The Morgan fingerprint density at radius 2 is 1.73 bits per heavy atom. The topological polar surface area (TPSA) is 92.8 Å². The highest BCUT2D eigenvalue weighted by Crippen LogP contribution is 2.25. The van der Waals surface area contributed by atoms with E-state index < -0.39 is 28.5 Å². The second-order valence-corrected chi connectivity index (χ2v) is 9.44. The van der Waals surface area contributed by atoms with Crippen LogP contribution in [0, 0.1) is 6.92 Å². The first kappa shape index (κ1) is 22.3. The lowest BCUT2D eigenvalue weighted by atomic mass is 10.2. The molecule has 160 valence electrons. The average Bonchev–Trinajstić information content (AvgIpc) is 2.74. The van der Waals surface area contributed by atoms with Gasteiger partial charge in [0.15, 0.2) is 6.61 Å². The summed E-state index contributed by atoms with van der Waals surface area (Å²) in [6.07, 6.45) is 2.60. The number of sulfonamides is 1. The Morgan fingerprint density at radius 1 is 1.07 bits per heavy atom. The SMILES string of the molecule is Cc1ccc(NC(=O)COC(=O)c2cc(S(=O)(=O)N3CCCCC3)ccc2Cl)cc1. The number of piperidine rings is 1. The Labute approximate surface area is 181 Å².